The van der Waals surface area contributed by atoms with Gasteiger partial charge in [0.2, 0.25) is 0 Å². The number of fused-ring (bicyclic) bond motifs is 1. The molecule has 4 rings (SSSR count). The van der Waals surface area contributed by atoms with Crippen LogP contribution in [0.15, 0.2) is 42.6 Å². The molecule has 4 N–H and O–H groups in total. The Morgan fingerprint density at radius 1 is 1.19 bits per heavy atom. The number of hydrogen-bond acceptors (Lipinski definition) is 7. The van der Waals surface area contributed by atoms with Crippen LogP contribution in [-0.4, -0.2) is 67.7 Å². The Hall–Kier alpha value is -3.08. The molecule has 3 heterocycles. The predicted octanol–water partition coefficient (Wildman–Crippen LogP) is 0.655. The fourth-order valence-corrected chi connectivity index (χ4v) is 3.85. The van der Waals surface area contributed by atoms with Gasteiger partial charge in [0.1, 0.15) is 17.2 Å². The minimum atomic E-state index is -1.56. The minimum Gasteiger partial charge on any atom is -0.394 e. The molecule has 1 unspecified atom stereocenters. The van der Waals surface area contributed by atoms with Gasteiger partial charge in [0.15, 0.2) is 11.3 Å². The zero-order chi connectivity index (χ0) is 22.0. The van der Waals surface area contributed by atoms with Crippen molar-refractivity contribution in [1.82, 2.24) is 19.9 Å². The standard InChI is InChI=1S/C21H24FN5O4/c22-15-4-1-3-14(9-15)16-5-2-8-26(16)19-7-6-18-23-10-17(27(18)25-19)20(31)24-21(11-28,12-29)13-30/h1,3-4,6-7,9-10,16,28-30H,2,5,8,11-13H2,(H,24,31). The summed E-state index contributed by atoms with van der Waals surface area (Å²) in [7, 11) is 0. The maximum atomic E-state index is 13.7. The number of carbonyl (C=O) groups excluding carboxylic acids is 1. The smallest absolute Gasteiger partial charge is 0.272 e. The third-order valence-electron chi connectivity index (χ3n) is 5.65. The van der Waals surface area contributed by atoms with Crippen molar-refractivity contribution in [2.45, 2.75) is 24.4 Å². The van der Waals surface area contributed by atoms with Gasteiger partial charge in [-0.15, -0.1) is 5.10 Å². The van der Waals surface area contributed by atoms with Gasteiger partial charge in [-0.25, -0.2) is 13.9 Å². The van der Waals surface area contributed by atoms with Crippen molar-refractivity contribution in [2.75, 3.05) is 31.3 Å². The lowest BCUT2D eigenvalue weighted by Gasteiger charge is -2.28. The molecule has 0 spiro atoms. The fraction of sp³-hybridized carbons (Fsp3) is 0.381. The molecule has 1 atom stereocenters. The van der Waals surface area contributed by atoms with Gasteiger partial charge in [-0.05, 0) is 42.7 Å². The van der Waals surface area contributed by atoms with Crippen LogP contribution in [-0.2, 0) is 0 Å². The Morgan fingerprint density at radius 2 is 1.97 bits per heavy atom. The molecule has 1 aromatic carbocycles. The monoisotopic (exact) mass is 429 g/mol. The molecule has 31 heavy (non-hydrogen) atoms. The van der Waals surface area contributed by atoms with E-state index in [2.05, 4.69) is 20.3 Å². The highest BCUT2D eigenvalue weighted by molar-refractivity contribution is 5.93. The molecule has 0 radical (unpaired) electrons. The van der Waals surface area contributed by atoms with Crippen LogP contribution >= 0.6 is 0 Å². The number of anilines is 1. The first kappa shape index (κ1) is 21.2. The highest BCUT2D eigenvalue weighted by Crippen LogP contribution is 2.35. The number of imidazole rings is 1. The van der Waals surface area contributed by atoms with Crippen LogP contribution in [0.3, 0.4) is 0 Å². The summed E-state index contributed by atoms with van der Waals surface area (Å²) >= 11 is 0. The number of benzene rings is 1. The van der Waals surface area contributed by atoms with E-state index in [1.807, 2.05) is 6.07 Å². The second-order valence-corrected chi connectivity index (χ2v) is 7.72. The molecule has 1 amide bonds. The van der Waals surface area contributed by atoms with Crippen LogP contribution in [0.1, 0.15) is 34.9 Å². The van der Waals surface area contributed by atoms with E-state index in [0.29, 0.717) is 11.5 Å². The van der Waals surface area contributed by atoms with E-state index in [1.54, 1.807) is 18.2 Å². The van der Waals surface area contributed by atoms with E-state index in [4.69, 9.17) is 0 Å². The first-order chi connectivity index (χ1) is 15.0. The average Bonchev–Trinajstić information content (AvgIpc) is 3.44. The van der Waals surface area contributed by atoms with Crippen molar-refractivity contribution in [1.29, 1.82) is 0 Å². The van der Waals surface area contributed by atoms with Gasteiger partial charge in [0.25, 0.3) is 5.91 Å². The summed E-state index contributed by atoms with van der Waals surface area (Å²) in [6.45, 7) is -1.17. The normalized spacial score (nSPS) is 16.8. The highest BCUT2D eigenvalue weighted by Gasteiger charge is 2.32. The lowest BCUT2D eigenvalue weighted by atomic mass is 10.0. The fourth-order valence-electron chi connectivity index (χ4n) is 3.85. The van der Waals surface area contributed by atoms with Gasteiger partial charge < -0.3 is 25.5 Å². The van der Waals surface area contributed by atoms with Gasteiger partial charge in [0.05, 0.1) is 32.1 Å². The van der Waals surface area contributed by atoms with Crippen molar-refractivity contribution in [3.05, 3.63) is 59.7 Å². The molecule has 0 saturated carbocycles. The summed E-state index contributed by atoms with van der Waals surface area (Å²) in [5.74, 6) is -0.317. The van der Waals surface area contributed by atoms with E-state index in [9.17, 15) is 24.5 Å². The Bertz CT molecular complexity index is 1080. The van der Waals surface area contributed by atoms with Crippen molar-refractivity contribution in [3.8, 4) is 0 Å². The number of nitrogens with one attached hydrogen (secondary N) is 1. The van der Waals surface area contributed by atoms with Crippen molar-refractivity contribution in [2.24, 2.45) is 0 Å². The van der Waals surface area contributed by atoms with Crippen LogP contribution in [0.25, 0.3) is 5.65 Å². The maximum absolute atomic E-state index is 13.7. The van der Waals surface area contributed by atoms with Gasteiger partial charge in [-0.1, -0.05) is 12.1 Å². The second kappa shape index (κ2) is 8.58. The topological polar surface area (TPSA) is 123 Å². The minimum absolute atomic E-state index is 0.0349. The molecule has 10 heteroatoms. The summed E-state index contributed by atoms with van der Waals surface area (Å²) in [6.07, 6.45) is 3.11. The largest absolute Gasteiger partial charge is 0.394 e. The Balaban J connectivity index is 1.66. The number of aromatic nitrogens is 3. The van der Waals surface area contributed by atoms with Gasteiger partial charge in [-0.2, -0.15) is 0 Å². The maximum Gasteiger partial charge on any atom is 0.272 e. The first-order valence-corrected chi connectivity index (χ1v) is 10.0. The molecule has 1 fully saturated rings. The Morgan fingerprint density at radius 3 is 2.68 bits per heavy atom. The summed E-state index contributed by atoms with van der Waals surface area (Å²) < 4.78 is 15.1. The van der Waals surface area contributed by atoms with Gasteiger partial charge >= 0.3 is 0 Å². The molecule has 1 aliphatic heterocycles. The van der Waals surface area contributed by atoms with Crippen LogP contribution in [0, 0.1) is 5.82 Å². The van der Waals surface area contributed by atoms with Gasteiger partial charge in [0, 0.05) is 6.54 Å². The number of hydrogen-bond donors (Lipinski definition) is 4. The summed E-state index contributed by atoms with van der Waals surface area (Å²) in [4.78, 5) is 19.0. The van der Waals surface area contributed by atoms with E-state index in [-0.39, 0.29) is 17.6 Å². The molecule has 164 valence electrons. The molecule has 0 bridgehead atoms. The van der Waals surface area contributed by atoms with E-state index >= 15 is 0 Å². The Kier molecular flexibility index (Phi) is 5.86. The lowest BCUT2D eigenvalue weighted by Crippen LogP contribution is -2.57. The lowest BCUT2D eigenvalue weighted by molar-refractivity contribution is 0.0372. The van der Waals surface area contributed by atoms with Crippen molar-refractivity contribution < 1.29 is 24.5 Å². The van der Waals surface area contributed by atoms with Crippen molar-refractivity contribution in [3.63, 3.8) is 0 Å². The van der Waals surface area contributed by atoms with E-state index in [0.717, 1.165) is 24.9 Å². The zero-order valence-corrected chi connectivity index (χ0v) is 16.8. The summed E-state index contributed by atoms with van der Waals surface area (Å²) in [5, 5.41) is 35.5. The molecule has 9 nitrogen and oxygen atoms in total. The second-order valence-electron chi connectivity index (χ2n) is 7.72. The number of amides is 1. The van der Waals surface area contributed by atoms with E-state index in [1.165, 1.54) is 22.8 Å². The van der Waals surface area contributed by atoms with Crippen LogP contribution in [0.2, 0.25) is 0 Å². The van der Waals surface area contributed by atoms with E-state index < -0.39 is 31.3 Å². The number of aliphatic hydroxyl groups is 3. The molecule has 2 aromatic heterocycles. The van der Waals surface area contributed by atoms with Gasteiger partial charge in [-0.3, -0.25) is 4.79 Å². The number of rotatable bonds is 7. The first-order valence-electron chi connectivity index (χ1n) is 10.0. The molecular formula is C21H24FN5O4. The zero-order valence-electron chi connectivity index (χ0n) is 16.8. The molecule has 3 aromatic rings. The quantitative estimate of drug-likeness (QED) is 0.435. The number of nitrogens with zero attached hydrogens (tertiary/aromatic N) is 4. The third-order valence-corrected chi connectivity index (χ3v) is 5.65. The average molecular weight is 429 g/mol. The summed E-state index contributed by atoms with van der Waals surface area (Å²) in [5.41, 5.74) is -0.159. The SMILES string of the molecule is O=C(NC(CO)(CO)CO)c1cnc2ccc(N3CCCC3c3cccc(F)c3)nn12. The van der Waals surface area contributed by atoms with Crippen LogP contribution in [0.4, 0.5) is 10.2 Å². The highest BCUT2D eigenvalue weighted by atomic mass is 19.1. The number of carbonyl (C=O) groups is 1. The molecular weight excluding hydrogens is 405 g/mol. The number of aliphatic hydroxyl groups excluding tert-OH is 3. The molecule has 0 aliphatic carbocycles. The number of halogens is 1. The molecule has 1 saturated heterocycles. The molecule has 1 aliphatic rings. The summed E-state index contributed by atoms with van der Waals surface area (Å²) in [6, 6.07) is 10.0. The van der Waals surface area contributed by atoms with Crippen LogP contribution in [0.5, 0.6) is 0 Å². The van der Waals surface area contributed by atoms with Crippen molar-refractivity contribution >= 4 is 17.4 Å². The predicted molar refractivity (Wildman–Crippen MR) is 110 cm³/mol. The third kappa shape index (κ3) is 3.97. The Labute approximate surface area is 177 Å². The van der Waals surface area contributed by atoms with Crippen LogP contribution < -0.4 is 10.2 Å².